The van der Waals surface area contributed by atoms with Crippen LogP contribution in [0.1, 0.15) is 18.0 Å². The highest BCUT2D eigenvalue weighted by Gasteiger charge is 2.32. The van der Waals surface area contributed by atoms with Crippen LogP contribution in [0.3, 0.4) is 0 Å². The average molecular weight is 387 g/mol. The number of benzene rings is 2. The van der Waals surface area contributed by atoms with Crippen LogP contribution in [0, 0.1) is 0 Å². The van der Waals surface area contributed by atoms with E-state index in [-0.39, 0.29) is 11.9 Å². The van der Waals surface area contributed by atoms with Crippen molar-refractivity contribution in [2.45, 2.75) is 18.5 Å². The summed E-state index contributed by atoms with van der Waals surface area (Å²) >= 11 is 0. The molecule has 8 heteroatoms. The average Bonchev–Trinajstić information content (AvgIpc) is 3.23. The van der Waals surface area contributed by atoms with E-state index in [9.17, 15) is 4.79 Å². The number of nitrogens with one attached hydrogen (secondary N) is 3. The summed E-state index contributed by atoms with van der Waals surface area (Å²) in [7, 11) is 6.34. The Bertz CT molecular complexity index is 843. The minimum atomic E-state index is -0.398. The molecule has 3 N–H and O–H groups in total. The van der Waals surface area contributed by atoms with Crippen molar-refractivity contribution in [3.63, 3.8) is 0 Å². The molecule has 1 heterocycles. The second kappa shape index (κ2) is 8.81. The van der Waals surface area contributed by atoms with Crippen molar-refractivity contribution in [3.8, 4) is 23.0 Å². The number of hydrazine groups is 1. The van der Waals surface area contributed by atoms with Crippen LogP contribution in [0.25, 0.3) is 0 Å². The van der Waals surface area contributed by atoms with Crippen LogP contribution >= 0.6 is 0 Å². The molecule has 1 fully saturated rings. The van der Waals surface area contributed by atoms with Crippen molar-refractivity contribution >= 4 is 11.6 Å². The normalized spacial score (nSPS) is 18.4. The number of carbonyl (C=O) groups is 1. The zero-order valence-electron chi connectivity index (χ0n) is 16.4. The van der Waals surface area contributed by atoms with E-state index in [1.54, 1.807) is 46.6 Å². The van der Waals surface area contributed by atoms with E-state index in [0.717, 1.165) is 5.56 Å². The molecule has 0 aromatic heterocycles. The van der Waals surface area contributed by atoms with Crippen molar-refractivity contribution in [1.29, 1.82) is 0 Å². The summed E-state index contributed by atoms with van der Waals surface area (Å²) in [6.45, 7) is 0. The number of hydrogen-bond acceptors (Lipinski definition) is 7. The van der Waals surface area contributed by atoms with Crippen LogP contribution in [0.2, 0.25) is 0 Å². The first-order valence-corrected chi connectivity index (χ1v) is 8.85. The lowest BCUT2D eigenvalue weighted by Gasteiger charge is -2.15. The molecule has 0 spiro atoms. The van der Waals surface area contributed by atoms with E-state index in [1.807, 2.05) is 18.2 Å². The summed E-state index contributed by atoms with van der Waals surface area (Å²) in [5, 5.41) is 2.90. The topological polar surface area (TPSA) is 90.1 Å². The molecule has 3 rings (SSSR count). The fraction of sp³-hybridized carbons (Fsp3) is 0.350. The first-order valence-electron chi connectivity index (χ1n) is 8.85. The maximum absolute atomic E-state index is 12.7. The number of ether oxygens (including phenoxy) is 4. The zero-order chi connectivity index (χ0) is 20.1. The van der Waals surface area contributed by atoms with Gasteiger partial charge in [-0.05, 0) is 24.6 Å². The molecule has 2 aromatic rings. The predicted octanol–water partition coefficient (Wildman–Crippen LogP) is 2.27. The van der Waals surface area contributed by atoms with Gasteiger partial charge in [0.25, 0.3) is 0 Å². The molecule has 2 aromatic carbocycles. The number of rotatable bonds is 7. The zero-order valence-corrected chi connectivity index (χ0v) is 16.4. The van der Waals surface area contributed by atoms with Crippen LogP contribution in [-0.4, -0.2) is 40.4 Å². The standard InChI is InChI=1S/C20H25N3O5/c1-25-13-6-7-14(18(10-13)27-3)15-11-16(23-22-15)20(24)21-12-5-8-17(26-2)19(9-12)28-4/h5-10,15-16,22-23H,11H2,1-4H3,(H,21,24). The predicted molar refractivity (Wildman–Crippen MR) is 105 cm³/mol. The third-order valence-electron chi connectivity index (χ3n) is 4.69. The Labute approximate surface area is 164 Å². The number of amides is 1. The summed E-state index contributed by atoms with van der Waals surface area (Å²) in [6.07, 6.45) is 0.571. The molecule has 0 aliphatic carbocycles. The lowest BCUT2D eigenvalue weighted by molar-refractivity contribution is -0.117. The molecule has 1 saturated heterocycles. The number of hydrogen-bond donors (Lipinski definition) is 3. The highest BCUT2D eigenvalue weighted by Crippen LogP contribution is 2.34. The molecule has 0 bridgehead atoms. The van der Waals surface area contributed by atoms with Gasteiger partial charge >= 0.3 is 0 Å². The molecular formula is C20H25N3O5. The van der Waals surface area contributed by atoms with E-state index in [1.165, 1.54) is 0 Å². The van der Waals surface area contributed by atoms with Gasteiger partial charge < -0.3 is 24.3 Å². The summed E-state index contributed by atoms with van der Waals surface area (Å²) in [5.74, 6) is 2.44. The van der Waals surface area contributed by atoms with E-state index >= 15 is 0 Å². The Kier molecular flexibility index (Phi) is 6.23. The Balaban J connectivity index is 1.68. The Morgan fingerprint density at radius 2 is 1.64 bits per heavy atom. The van der Waals surface area contributed by atoms with Crippen molar-refractivity contribution in [2.75, 3.05) is 33.8 Å². The number of anilines is 1. The molecule has 0 saturated carbocycles. The lowest BCUT2D eigenvalue weighted by atomic mass is 10.0. The number of methoxy groups -OCH3 is 4. The SMILES string of the molecule is COc1ccc(C2CC(C(=O)Nc3ccc(OC)c(OC)c3)NN2)c(OC)c1. The maximum Gasteiger partial charge on any atom is 0.242 e. The molecule has 150 valence electrons. The second-order valence-electron chi connectivity index (χ2n) is 6.30. The van der Waals surface area contributed by atoms with Gasteiger partial charge in [0, 0.05) is 23.4 Å². The summed E-state index contributed by atoms with van der Waals surface area (Å²) in [6, 6.07) is 10.4. The fourth-order valence-corrected chi connectivity index (χ4v) is 3.18. The molecule has 8 nitrogen and oxygen atoms in total. The van der Waals surface area contributed by atoms with Gasteiger partial charge in [0.2, 0.25) is 5.91 Å². The third kappa shape index (κ3) is 4.13. The Morgan fingerprint density at radius 3 is 2.32 bits per heavy atom. The lowest BCUT2D eigenvalue weighted by Crippen LogP contribution is -2.39. The Hall–Kier alpha value is -2.97. The number of carbonyl (C=O) groups excluding carboxylic acids is 1. The van der Waals surface area contributed by atoms with Gasteiger partial charge in [0.1, 0.15) is 17.5 Å². The van der Waals surface area contributed by atoms with Crippen molar-refractivity contribution < 1.29 is 23.7 Å². The van der Waals surface area contributed by atoms with Gasteiger partial charge in [-0.3, -0.25) is 4.79 Å². The molecule has 1 aliphatic rings. The smallest absolute Gasteiger partial charge is 0.242 e. The van der Waals surface area contributed by atoms with Crippen LogP contribution in [0.15, 0.2) is 36.4 Å². The van der Waals surface area contributed by atoms with Gasteiger partial charge in [0.15, 0.2) is 11.5 Å². The van der Waals surface area contributed by atoms with Gasteiger partial charge in [0.05, 0.1) is 34.5 Å². The van der Waals surface area contributed by atoms with E-state index < -0.39 is 6.04 Å². The van der Waals surface area contributed by atoms with Crippen LogP contribution in [0.5, 0.6) is 23.0 Å². The molecule has 1 amide bonds. The van der Waals surface area contributed by atoms with Gasteiger partial charge in [-0.1, -0.05) is 6.07 Å². The first-order chi connectivity index (χ1) is 13.6. The third-order valence-corrected chi connectivity index (χ3v) is 4.69. The highest BCUT2D eigenvalue weighted by atomic mass is 16.5. The fourth-order valence-electron chi connectivity index (χ4n) is 3.18. The van der Waals surface area contributed by atoms with Crippen molar-refractivity contribution in [1.82, 2.24) is 10.9 Å². The molecule has 28 heavy (non-hydrogen) atoms. The molecule has 2 atom stereocenters. The molecule has 1 aliphatic heterocycles. The quantitative estimate of drug-likeness (QED) is 0.671. The minimum absolute atomic E-state index is 0.0676. The molecule has 2 unspecified atom stereocenters. The van der Waals surface area contributed by atoms with E-state index in [0.29, 0.717) is 35.1 Å². The van der Waals surface area contributed by atoms with Gasteiger partial charge in [-0.15, -0.1) is 0 Å². The summed E-state index contributed by atoms with van der Waals surface area (Å²) < 4.78 is 21.2. The Morgan fingerprint density at radius 1 is 0.893 bits per heavy atom. The summed E-state index contributed by atoms with van der Waals surface area (Å²) in [5.41, 5.74) is 7.81. The molecule has 0 radical (unpaired) electrons. The maximum atomic E-state index is 12.7. The van der Waals surface area contributed by atoms with Gasteiger partial charge in [-0.2, -0.15) is 0 Å². The van der Waals surface area contributed by atoms with Crippen LogP contribution in [-0.2, 0) is 4.79 Å². The monoisotopic (exact) mass is 387 g/mol. The largest absolute Gasteiger partial charge is 0.497 e. The summed E-state index contributed by atoms with van der Waals surface area (Å²) in [4.78, 5) is 12.7. The van der Waals surface area contributed by atoms with Gasteiger partial charge in [-0.25, -0.2) is 10.9 Å². The first kappa shape index (κ1) is 19.8. The van der Waals surface area contributed by atoms with E-state index in [4.69, 9.17) is 18.9 Å². The van der Waals surface area contributed by atoms with Crippen molar-refractivity contribution in [2.24, 2.45) is 0 Å². The second-order valence-corrected chi connectivity index (χ2v) is 6.30. The molecular weight excluding hydrogens is 362 g/mol. The van der Waals surface area contributed by atoms with E-state index in [2.05, 4.69) is 16.2 Å². The van der Waals surface area contributed by atoms with Crippen molar-refractivity contribution in [3.05, 3.63) is 42.0 Å². The highest BCUT2D eigenvalue weighted by molar-refractivity contribution is 5.95. The van der Waals surface area contributed by atoms with Crippen LogP contribution in [0.4, 0.5) is 5.69 Å². The van der Waals surface area contributed by atoms with Crippen LogP contribution < -0.4 is 35.1 Å². The minimum Gasteiger partial charge on any atom is -0.497 e.